The maximum Gasteiger partial charge on any atom is 0.221 e. The Kier molecular flexibility index (Phi) is 5.02. The molecule has 0 unspecified atom stereocenters. The summed E-state index contributed by atoms with van der Waals surface area (Å²) in [4.78, 5) is 18.2. The van der Waals surface area contributed by atoms with Gasteiger partial charge in [-0.2, -0.15) is 0 Å². The quantitative estimate of drug-likeness (QED) is 0.876. The highest BCUT2D eigenvalue weighted by molar-refractivity contribution is 5.76. The molecule has 1 amide bonds. The van der Waals surface area contributed by atoms with Gasteiger partial charge in [-0.15, -0.1) is 0 Å². The molecule has 0 atom stereocenters. The van der Waals surface area contributed by atoms with Crippen LogP contribution in [0.4, 0.5) is 0 Å². The Balaban J connectivity index is 1.34. The molecule has 2 saturated heterocycles. The molecule has 0 aliphatic carbocycles. The minimum absolute atomic E-state index is 0.0810. The van der Waals surface area contributed by atoms with E-state index in [0.717, 1.165) is 38.0 Å². The average Bonchev–Trinajstić information content (AvgIpc) is 3.02. The molecule has 1 aromatic rings. The molecule has 1 spiro atoms. The van der Waals surface area contributed by atoms with Gasteiger partial charge in [0.1, 0.15) is 0 Å². The number of ether oxygens (including phenoxy) is 2. The van der Waals surface area contributed by atoms with Crippen molar-refractivity contribution in [3.05, 3.63) is 30.1 Å². The Morgan fingerprint density at radius 1 is 1.32 bits per heavy atom. The first-order valence-electron chi connectivity index (χ1n) is 7.92. The van der Waals surface area contributed by atoms with Crippen molar-refractivity contribution < 1.29 is 14.3 Å². The molecule has 2 fully saturated rings. The number of carbonyl (C=O) groups excluding carboxylic acids is 1. The van der Waals surface area contributed by atoms with Gasteiger partial charge in [0.25, 0.3) is 0 Å². The van der Waals surface area contributed by atoms with Crippen LogP contribution in [0.2, 0.25) is 0 Å². The van der Waals surface area contributed by atoms with E-state index in [0.29, 0.717) is 26.2 Å². The Morgan fingerprint density at radius 3 is 2.77 bits per heavy atom. The summed E-state index contributed by atoms with van der Waals surface area (Å²) in [7, 11) is 0. The summed E-state index contributed by atoms with van der Waals surface area (Å²) in [6.07, 6.45) is 5.81. The molecule has 0 bridgehead atoms. The summed E-state index contributed by atoms with van der Waals surface area (Å²) >= 11 is 0. The SMILES string of the molecule is O=C(CCN1CCC2(CC1)OCCO2)NCc1cccnc1. The molecule has 6 nitrogen and oxygen atoms in total. The highest BCUT2D eigenvalue weighted by Gasteiger charge is 2.39. The van der Waals surface area contributed by atoms with E-state index in [9.17, 15) is 4.79 Å². The molecule has 3 rings (SSSR count). The van der Waals surface area contributed by atoms with E-state index in [-0.39, 0.29) is 11.7 Å². The zero-order valence-corrected chi connectivity index (χ0v) is 12.8. The molecule has 0 radical (unpaired) electrons. The Labute approximate surface area is 130 Å². The van der Waals surface area contributed by atoms with E-state index < -0.39 is 0 Å². The summed E-state index contributed by atoms with van der Waals surface area (Å²) in [6, 6.07) is 3.83. The van der Waals surface area contributed by atoms with Crippen molar-refractivity contribution in [2.24, 2.45) is 0 Å². The predicted octanol–water partition coefficient (Wildman–Crippen LogP) is 0.927. The van der Waals surface area contributed by atoms with Gasteiger partial charge in [-0.05, 0) is 11.6 Å². The van der Waals surface area contributed by atoms with Crippen molar-refractivity contribution in [1.82, 2.24) is 15.2 Å². The number of hydrogen-bond donors (Lipinski definition) is 1. The maximum absolute atomic E-state index is 11.9. The van der Waals surface area contributed by atoms with E-state index in [1.54, 1.807) is 12.4 Å². The number of amides is 1. The topological polar surface area (TPSA) is 63.7 Å². The van der Waals surface area contributed by atoms with Gasteiger partial charge in [0.15, 0.2) is 5.79 Å². The average molecular weight is 305 g/mol. The standard InChI is InChI=1S/C16H23N3O3/c20-15(18-13-14-2-1-6-17-12-14)3-7-19-8-4-16(5-9-19)21-10-11-22-16/h1-2,6,12H,3-5,7-11,13H2,(H,18,20). The molecule has 3 heterocycles. The summed E-state index contributed by atoms with van der Waals surface area (Å²) in [5, 5.41) is 2.93. The normalized spacial score (nSPS) is 21.1. The van der Waals surface area contributed by atoms with Gasteiger partial charge in [-0.3, -0.25) is 9.78 Å². The first-order valence-corrected chi connectivity index (χ1v) is 7.92. The minimum Gasteiger partial charge on any atom is -0.352 e. The summed E-state index contributed by atoms with van der Waals surface area (Å²) in [6.45, 7) is 4.59. The highest BCUT2D eigenvalue weighted by atomic mass is 16.7. The lowest BCUT2D eigenvalue weighted by Gasteiger charge is -2.37. The van der Waals surface area contributed by atoms with Crippen molar-refractivity contribution in [2.45, 2.75) is 31.6 Å². The summed E-state index contributed by atoms with van der Waals surface area (Å²) < 4.78 is 11.4. The number of nitrogens with one attached hydrogen (secondary N) is 1. The number of carbonyl (C=O) groups is 1. The van der Waals surface area contributed by atoms with Crippen molar-refractivity contribution in [3.8, 4) is 0 Å². The lowest BCUT2D eigenvalue weighted by atomic mass is 10.0. The predicted molar refractivity (Wildman–Crippen MR) is 81.0 cm³/mol. The smallest absolute Gasteiger partial charge is 0.221 e. The van der Waals surface area contributed by atoms with Gasteiger partial charge >= 0.3 is 0 Å². The van der Waals surface area contributed by atoms with Crippen molar-refractivity contribution in [1.29, 1.82) is 0 Å². The monoisotopic (exact) mass is 305 g/mol. The van der Waals surface area contributed by atoms with Crippen LogP contribution in [0.25, 0.3) is 0 Å². The third-order valence-electron chi connectivity index (χ3n) is 4.30. The molecule has 6 heteroatoms. The minimum atomic E-state index is -0.334. The van der Waals surface area contributed by atoms with Gasteiger partial charge in [0.05, 0.1) is 13.2 Å². The fourth-order valence-corrected chi connectivity index (χ4v) is 2.95. The number of aromatic nitrogens is 1. The lowest BCUT2D eigenvalue weighted by Crippen LogP contribution is -2.45. The second-order valence-electron chi connectivity index (χ2n) is 5.84. The van der Waals surface area contributed by atoms with Gasteiger partial charge in [-0.25, -0.2) is 0 Å². The number of nitrogens with zero attached hydrogens (tertiary/aromatic N) is 2. The van der Waals surface area contributed by atoms with Gasteiger partial charge < -0.3 is 19.7 Å². The zero-order chi connectivity index (χ0) is 15.3. The van der Waals surface area contributed by atoms with E-state index in [2.05, 4.69) is 15.2 Å². The molecule has 22 heavy (non-hydrogen) atoms. The molecule has 2 aliphatic heterocycles. The largest absolute Gasteiger partial charge is 0.352 e. The number of rotatable bonds is 5. The van der Waals surface area contributed by atoms with Gasteiger partial charge in [0, 0.05) is 57.8 Å². The van der Waals surface area contributed by atoms with Crippen LogP contribution in [-0.2, 0) is 20.8 Å². The Morgan fingerprint density at radius 2 is 2.09 bits per heavy atom. The van der Waals surface area contributed by atoms with Crippen LogP contribution in [-0.4, -0.2) is 54.4 Å². The van der Waals surface area contributed by atoms with Crippen molar-refractivity contribution in [2.75, 3.05) is 32.8 Å². The lowest BCUT2D eigenvalue weighted by molar-refractivity contribution is -0.185. The van der Waals surface area contributed by atoms with Crippen molar-refractivity contribution in [3.63, 3.8) is 0 Å². The molecule has 120 valence electrons. The maximum atomic E-state index is 11.9. The Bertz CT molecular complexity index is 479. The molecule has 0 aromatic carbocycles. The van der Waals surface area contributed by atoms with Crippen LogP contribution in [0.15, 0.2) is 24.5 Å². The first kappa shape index (κ1) is 15.4. The fourth-order valence-electron chi connectivity index (χ4n) is 2.95. The van der Waals surface area contributed by atoms with E-state index in [1.807, 2.05) is 12.1 Å². The van der Waals surface area contributed by atoms with Crippen LogP contribution in [0, 0.1) is 0 Å². The Hall–Kier alpha value is -1.50. The summed E-state index contributed by atoms with van der Waals surface area (Å²) in [5.41, 5.74) is 1.02. The second-order valence-corrected chi connectivity index (χ2v) is 5.84. The van der Waals surface area contributed by atoms with Gasteiger partial charge in [-0.1, -0.05) is 6.07 Å². The van der Waals surface area contributed by atoms with Crippen LogP contribution in [0.1, 0.15) is 24.8 Å². The number of hydrogen-bond acceptors (Lipinski definition) is 5. The van der Waals surface area contributed by atoms with E-state index >= 15 is 0 Å². The van der Waals surface area contributed by atoms with Gasteiger partial charge in [0.2, 0.25) is 5.91 Å². The van der Waals surface area contributed by atoms with E-state index in [1.165, 1.54) is 0 Å². The molecular weight excluding hydrogens is 282 g/mol. The molecule has 1 N–H and O–H groups in total. The number of likely N-dealkylation sites (tertiary alicyclic amines) is 1. The third-order valence-corrected chi connectivity index (χ3v) is 4.30. The molecule has 2 aliphatic rings. The molecule has 1 aromatic heterocycles. The first-order chi connectivity index (χ1) is 10.8. The van der Waals surface area contributed by atoms with E-state index in [4.69, 9.17) is 9.47 Å². The third kappa shape index (κ3) is 4.03. The van der Waals surface area contributed by atoms with Crippen LogP contribution < -0.4 is 5.32 Å². The van der Waals surface area contributed by atoms with Crippen LogP contribution in [0.3, 0.4) is 0 Å². The molecular formula is C16H23N3O3. The van der Waals surface area contributed by atoms with Crippen LogP contribution in [0.5, 0.6) is 0 Å². The second kappa shape index (κ2) is 7.17. The highest BCUT2D eigenvalue weighted by Crippen LogP contribution is 2.31. The zero-order valence-electron chi connectivity index (χ0n) is 12.8. The number of pyridine rings is 1. The van der Waals surface area contributed by atoms with Crippen LogP contribution >= 0.6 is 0 Å². The molecule has 0 saturated carbocycles. The fraction of sp³-hybridized carbons (Fsp3) is 0.625. The van der Waals surface area contributed by atoms with Crippen molar-refractivity contribution >= 4 is 5.91 Å². The number of piperidine rings is 1. The summed E-state index contributed by atoms with van der Waals surface area (Å²) in [5.74, 6) is -0.253.